The first-order chi connectivity index (χ1) is 15.7. The van der Waals surface area contributed by atoms with Crippen LogP contribution in [0.2, 0.25) is 0 Å². The number of hydrogen-bond donors (Lipinski definition) is 2. The summed E-state index contributed by atoms with van der Waals surface area (Å²) in [4.78, 5) is 33.0. The number of anilines is 1. The number of nitrogens with one attached hydrogen (secondary N) is 2. The molecule has 1 amide bonds. The number of carbonyl (C=O) groups is 1. The lowest BCUT2D eigenvalue weighted by Crippen LogP contribution is -2.25. The molecule has 1 saturated carbocycles. The molecule has 3 aromatic rings. The molecule has 2 aliphatic rings. The van der Waals surface area contributed by atoms with E-state index in [4.69, 9.17) is 4.42 Å². The molecule has 0 radical (unpaired) electrons. The summed E-state index contributed by atoms with van der Waals surface area (Å²) < 4.78 is 7.00. The van der Waals surface area contributed by atoms with Crippen molar-refractivity contribution in [1.82, 2.24) is 19.7 Å². The van der Waals surface area contributed by atoms with E-state index < -0.39 is 0 Å². The highest BCUT2D eigenvalue weighted by Gasteiger charge is 2.21. The van der Waals surface area contributed by atoms with E-state index in [0.29, 0.717) is 35.6 Å². The van der Waals surface area contributed by atoms with Crippen molar-refractivity contribution in [2.24, 2.45) is 5.92 Å². The number of aryl methyl sites for hydroxylation is 1. The molecule has 1 fully saturated rings. The molecule has 2 N–H and O–H groups in total. The molecule has 0 aromatic carbocycles. The lowest BCUT2D eigenvalue weighted by Gasteiger charge is -2.21. The molecule has 168 valence electrons. The molecule has 2 aliphatic carbocycles. The van der Waals surface area contributed by atoms with Gasteiger partial charge >= 0.3 is 0 Å². The van der Waals surface area contributed by atoms with Crippen molar-refractivity contribution in [1.29, 1.82) is 0 Å². The lowest BCUT2D eigenvalue weighted by molar-refractivity contribution is -0.116. The largest absolute Gasteiger partial charge is 0.463 e. The van der Waals surface area contributed by atoms with Crippen LogP contribution in [0.5, 0.6) is 0 Å². The number of amides is 1. The monoisotopic (exact) mass is 435 g/mol. The Bertz CT molecular complexity index is 1140. The molecule has 0 saturated heterocycles. The van der Waals surface area contributed by atoms with Crippen LogP contribution < -0.4 is 10.9 Å². The first-order valence-electron chi connectivity index (χ1n) is 11.7. The Morgan fingerprint density at radius 2 is 2.03 bits per heavy atom. The van der Waals surface area contributed by atoms with Gasteiger partial charge in [-0.05, 0) is 50.2 Å². The first kappa shape index (κ1) is 20.7. The first-order valence-corrected chi connectivity index (χ1v) is 11.7. The maximum Gasteiger partial charge on any atom is 0.255 e. The average Bonchev–Trinajstić information content (AvgIpc) is 3.49. The predicted octanol–water partition coefficient (Wildman–Crippen LogP) is 4.39. The van der Waals surface area contributed by atoms with E-state index in [2.05, 4.69) is 20.4 Å². The molecule has 0 aliphatic heterocycles. The zero-order chi connectivity index (χ0) is 21.9. The zero-order valence-corrected chi connectivity index (χ0v) is 18.2. The van der Waals surface area contributed by atoms with Crippen molar-refractivity contribution in [2.45, 2.75) is 70.6 Å². The Kier molecular flexibility index (Phi) is 5.92. The fourth-order valence-electron chi connectivity index (χ4n) is 4.88. The third-order valence-corrected chi connectivity index (χ3v) is 6.63. The van der Waals surface area contributed by atoms with E-state index in [9.17, 15) is 9.59 Å². The summed E-state index contributed by atoms with van der Waals surface area (Å²) in [7, 11) is 0. The number of nitrogens with zero attached hydrogens (tertiary/aromatic N) is 3. The molecule has 32 heavy (non-hydrogen) atoms. The normalized spacial score (nSPS) is 16.6. The molecule has 3 heterocycles. The molecular weight excluding hydrogens is 406 g/mol. The second-order valence-electron chi connectivity index (χ2n) is 8.92. The minimum atomic E-state index is -0.130. The molecule has 8 heteroatoms. The number of carbonyl (C=O) groups excluding carboxylic acids is 1. The van der Waals surface area contributed by atoms with Crippen LogP contribution in [0, 0.1) is 5.92 Å². The van der Waals surface area contributed by atoms with Gasteiger partial charge in [-0.25, -0.2) is 4.98 Å². The van der Waals surface area contributed by atoms with E-state index in [1.807, 2.05) is 6.07 Å². The maximum absolute atomic E-state index is 12.8. The van der Waals surface area contributed by atoms with Gasteiger partial charge in [0.2, 0.25) is 11.9 Å². The summed E-state index contributed by atoms with van der Waals surface area (Å²) in [6.07, 6.45) is 12.8. The summed E-state index contributed by atoms with van der Waals surface area (Å²) >= 11 is 0. The van der Waals surface area contributed by atoms with Crippen LogP contribution in [-0.2, 0) is 17.6 Å². The minimum Gasteiger partial charge on any atom is -0.463 e. The van der Waals surface area contributed by atoms with Crippen molar-refractivity contribution in [2.75, 3.05) is 5.32 Å². The van der Waals surface area contributed by atoms with Gasteiger partial charge in [0.1, 0.15) is 11.5 Å². The summed E-state index contributed by atoms with van der Waals surface area (Å²) in [6, 6.07) is 5.36. The van der Waals surface area contributed by atoms with Gasteiger partial charge in [-0.2, -0.15) is 9.78 Å². The summed E-state index contributed by atoms with van der Waals surface area (Å²) in [5.74, 6) is 1.96. The highest BCUT2D eigenvalue weighted by atomic mass is 16.3. The molecule has 3 aromatic heterocycles. The number of furan rings is 1. The molecule has 0 bridgehead atoms. The predicted molar refractivity (Wildman–Crippen MR) is 121 cm³/mol. The summed E-state index contributed by atoms with van der Waals surface area (Å²) in [5, 5.41) is 7.58. The fraction of sp³-hybridized carbons (Fsp3) is 0.500. The van der Waals surface area contributed by atoms with E-state index in [1.54, 1.807) is 18.4 Å². The SMILES string of the molecule is O=C(CCC1CCCCC1)Nc1cc(-c2ccco2)nn1-c1nc2c(c(=O)[nH]1)CCCC2. The van der Waals surface area contributed by atoms with Gasteiger partial charge in [0.15, 0.2) is 5.76 Å². The highest BCUT2D eigenvalue weighted by Crippen LogP contribution is 2.28. The summed E-state index contributed by atoms with van der Waals surface area (Å²) in [6.45, 7) is 0. The smallest absolute Gasteiger partial charge is 0.255 e. The third kappa shape index (κ3) is 4.40. The number of fused-ring (bicyclic) bond motifs is 1. The van der Waals surface area contributed by atoms with Gasteiger partial charge < -0.3 is 9.73 Å². The van der Waals surface area contributed by atoms with Crippen LogP contribution in [0.1, 0.15) is 69.0 Å². The number of aromatic nitrogens is 4. The number of aromatic amines is 1. The van der Waals surface area contributed by atoms with Gasteiger partial charge in [-0.15, -0.1) is 0 Å². The van der Waals surface area contributed by atoms with Crippen LogP contribution in [0.3, 0.4) is 0 Å². The number of rotatable bonds is 6. The average molecular weight is 436 g/mol. The molecule has 0 atom stereocenters. The Labute approximate surface area is 186 Å². The van der Waals surface area contributed by atoms with Gasteiger partial charge in [0.05, 0.1) is 12.0 Å². The van der Waals surface area contributed by atoms with Gasteiger partial charge in [-0.1, -0.05) is 32.1 Å². The Morgan fingerprint density at radius 1 is 1.19 bits per heavy atom. The van der Waals surface area contributed by atoms with Crippen molar-refractivity contribution in [3.63, 3.8) is 0 Å². The van der Waals surface area contributed by atoms with Crippen LogP contribution in [0.25, 0.3) is 17.4 Å². The van der Waals surface area contributed by atoms with Crippen LogP contribution >= 0.6 is 0 Å². The second-order valence-corrected chi connectivity index (χ2v) is 8.92. The molecule has 0 spiro atoms. The topological polar surface area (TPSA) is 106 Å². The van der Waals surface area contributed by atoms with Gasteiger partial charge in [0.25, 0.3) is 5.56 Å². The Balaban J connectivity index is 1.42. The van der Waals surface area contributed by atoms with E-state index >= 15 is 0 Å². The van der Waals surface area contributed by atoms with E-state index in [-0.39, 0.29) is 11.5 Å². The quantitative estimate of drug-likeness (QED) is 0.597. The van der Waals surface area contributed by atoms with Crippen molar-refractivity contribution >= 4 is 11.7 Å². The van der Waals surface area contributed by atoms with E-state index in [0.717, 1.165) is 43.4 Å². The van der Waals surface area contributed by atoms with Gasteiger partial charge in [0, 0.05) is 18.1 Å². The summed E-state index contributed by atoms with van der Waals surface area (Å²) in [5.41, 5.74) is 2.02. The minimum absolute atomic E-state index is 0.0528. The number of hydrogen-bond acceptors (Lipinski definition) is 5. The van der Waals surface area contributed by atoms with Crippen molar-refractivity contribution in [3.8, 4) is 17.4 Å². The standard InChI is InChI=1S/C24H29N5O3/c30-22(13-12-16-7-2-1-3-8-16)26-21-15-19(20-11-6-14-32-20)28-29(21)24-25-18-10-5-4-9-17(18)23(31)27-24/h6,11,14-16H,1-5,7-10,12-13H2,(H,26,30)(H,25,27,31). The van der Waals surface area contributed by atoms with Crippen molar-refractivity contribution in [3.05, 3.63) is 46.1 Å². The zero-order valence-electron chi connectivity index (χ0n) is 18.2. The van der Waals surface area contributed by atoms with Crippen LogP contribution in [-0.4, -0.2) is 25.7 Å². The Hall–Kier alpha value is -3.16. The van der Waals surface area contributed by atoms with Gasteiger partial charge in [-0.3, -0.25) is 14.6 Å². The fourth-order valence-corrected chi connectivity index (χ4v) is 4.88. The van der Waals surface area contributed by atoms with Crippen LogP contribution in [0.4, 0.5) is 5.82 Å². The number of H-pyrrole nitrogens is 1. The molecular formula is C24H29N5O3. The molecule has 8 nitrogen and oxygen atoms in total. The second kappa shape index (κ2) is 9.14. The van der Waals surface area contributed by atoms with Crippen LogP contribution in [0.15, 0.2) is 33.7 Å². The maximum atomic E-state index is 12.8. The van der Waals surface area contributed by atoms with Crippen molar-refractivity contribution < 1.29 is 9.21 Å². The lowest BCUT2D eigenvalue weighted by atomic mass is 9.86. The third-order valence-electron chi connectivity index (χ3n) is 6.63. The highest BCUT2D eigenvalue weighted by molar-refractivity contribution is 5.90. The molecule has 5 rings (SSSR count). The molecule has 0 unspecified atom stereocenters. The van der Waals surface area contributed by atoms with E-state index in [1.165, 1.54) is 36.8 Å². The Morgan fingerprint density at radius 3 is 2.84 bits per heavy atom.